The molecule has 2 aromatic rings. The second kappa shape index (κ2) is 9.05. The third-order valence-electron chi connectivity index (χ3n) is 3.67. The summed E-state index contributed by atoms with van der Waals surface area (Å²) in [6.07, 6.45) is 6.49. The quantitative estimate of drug-likeness (QED) is 0.704. The molecule has 1 N–H and O–H groups in total. The van der Waals surface area contributed by atoms with Crippen LogP contribution < -0.4 is 5.32 Å². The molecule has 0 fully saturated rings. The molecule has 136 valence electrons. The Bertz CT molecular complexity index is 711. The maximum absolute atomic E-state index is 12.8. The fraction of sp³-hybridized carbons (Fsp3) is 0.471. The van der Waals surface area contributed by atoms with Crippen LogP contribution in [0.4, 0.5) is 5.13 Å². The largest absolute Gasteiger partial charge is 0.464 e. The van der Waals surface area contributed by atoms with Crippen molar-refractivity contribution in [1.29, 1.82) is 0 Å². The minimum Gasteiger partial charge on any atom is -0.464 e. The number of aromatic nitrogens is 2. The van der Waals surface area contributed by atoms with Gasteiger partial charge in [0.05, 0.1) is 7.11 Å². The highest BCUT2D eigenvalue weighted by Crippen LogP contribution is 2.31. The predicted molar refractivity (Wildman–Crippen MR) is 103 cm³/mol. The molecule has 0 saturated heterocycles. The Morgan fingerprint density at radius 3 is 2.60 bits per heavy atom. The number of nitrogens with one attached hydrogen (secondary N) is 1. The van der Waals surface area contributed by atoms with Crippen LogP contribution in [0.3, 0.4) is 0 Å². The van der Waals surface area contributed by atoms with E-state index in [0.29, 0.717) is 11.6 Å². The summed E-state index contributed by atoms with van der Waals surface area (Å²) in [7, 11) is 1.33. The molecule has 0 aliphatic carbocycles. The average molecular weight is 382 g/mol. The van der Waals surface area contributed by atoms with E-state index < -0.39 is 5.97 Å². The number of ether oxygens (including phenoxy) is 1. The first-order valence-electron chi connectivity index (χ1n) is 7.99. The van der Waals surface area contributed by atoms with E-state index in [4.69, 9.17) is 4.74 Å². The fourth-order valence-electron chi connectivity index (χ4n) is 2.41. The minimum absolute atomic E-state index is 0.119. The van der Waals surface area contributed by atoms with E-state index in [1.165, 1.54) is 18.4 Å². The van der Waals surface area contributed by atoms with Gasteiger partial charge in [-0.2, -0.15) is 11.8 Å². The molecule has 1 amide bonds. The fourth-order valence-corrected chi connectivity index (χ4v) is 3.83. The number of nitrogens with zero attached hydrogens (tertiary/aromatic N) is 2. The van der Waals surface area contributed by atoms with Crippen molar-refractivity contribution in [3.63, 3.8) is 0 Å². The number of carbonyl (C=O) groups excluding carboxylic acids is 2. The third-order valence-corrected chi connectivity index (χ3v) is 5.59. The molecule has 2 rings (SSSR count). The molecule has 8 heteroatoms. The molecule has 2 aromatic heterocycles. The van der Waals surface area contributed by atoms with Crippen molar-refractivity contribution < 1.29 is 14.3 Å². The van der Waals surface area contributed by atoms with Crippen LogP contribution in [-0.2, 0) is 9.53 Å². The van der Waals surface area contributed by atoms with Gasteiger partial charge in [-0.25, -0.2) is 9.78 Å². The number of methoxy groups -OCH3 is 1. The molecular weight excluding hydrogens is 358 g/mol. The van der Waals surface area contributed by atoms with Crippen molar-refractivity contribution in [2.24, 2.45) is 0 Å². The number of anilines is 1. The van der Waals surface area contributed by atoms with Gasteiger partial charge in [-0.05, 0) is 36.5 Å². The molecule has 0 radical (unpaired) electrons. The van der Waals surface area contributed by atoms with Crippen LogP contribution in [0.15, 0.2) is 24.5 Å². The van der Waals surface area contributed by atoms with Crippen molar-refractivity contribution in [2.45, 2.75) is 32.2 Å². The standard InChI is InChI=1S/C17H23N3O3S2/c1-11(2)14-13(16(22)23-3)18-17(25-14)19-15(21)12(7-10-24-4)20-8-5-6-9-20/h5-6,8-9,11-12H,7,10H2,1-4H3,(H,18,19,21). The number of hydrogen-bond donors (Lipinski definition) is 1. The Balaban J connectivity index is 2.21. The van der Waals surface area contributed by atoms with E-state index in [9.17, 15) is 9.59 Å². The van der Waals surface area contributed by atoms with Gasteiger partial charge in [0.2, 0.25) is 5.91 Å². The first-order valence-corrected chi connectivity index (χ1v) is 10.2. The molecular formula is C17H23N3O3S2. The van der Waals surface area contributed by atoms with Crippen molar-refractivity contribution >= 4 is 40.1 Å². The van der Waals surface area contributed by atoms with E-state index in [2.05, 4.69) is 10.3 Å². The van der Waals surface area contributed by atoms with Crippen molar-refractivity contribution in [1.82, 2.24) is 9.55 Å². The van der Waals surface area contributed by atoms with Gasteiger partial charge in [-0.1, -0.05) is 13.8 Å². The molecule has 6 nitrogen and oxygen atoms in total. The minimum atomic E-state index is -0.482. The van der Waals surface area contributed by atoms with E-state index in [-0.39, 0.29) is 23.6 Å². The number of thiazole rings is 1. The summed E-state index contributed by atoms with van der Waals surface area (Å²) in [5.41, 5.74) is 0.277. The van der Waals surface area contributed by atoms with Gasteiger partial charge >= 0.3 is 5.97 Å². The number of amides is 1. The Labute approximate surface area is 156 Å². The van der Waals surface area contributed by atoms with E-state index >= 15 is 0 Å². The van der Waals surface area contributed by atoms with Gasteiger partial charge < -0.3 is 14.6 Å². The summed E-state index contributed by atoms with van der Waals surface area (Å²) in [5.74, 6) is 0.378. The Hall–Kier alpha value is -1.80. The predicted octanol–water partition coefficient (Wildman–Crippen LogP) is 3.79. The number of rotatable bonds is 8. The summed E-state index contributed by atoms with van der Waals surface area (Å²) in [4.78, 5) is 29.8. The van der Waals surface area contributed by atoms with E-state index in [0.717, 1.165) is 10.6 Å². The van der Waals surface area contributed by atoms with Crippen LogP contribution in [0, 0.1) is 0 Å². The molecule has 0 aromatic carbocycles. The number of thioether (sulfide) groups is 1. The molecule has 25 heavy (non-hydrogen) atoms. The van der Waals surface area contributed by atoms with Crippen LogP contribution in [0.1, 0.15) is 47.6 Å². The first kappa shape index (κ1) is 19.5. The summed E-state index contributed by atoms with van der Waals surface area (Å²) in [6, 6.07) is 3.49. The summed E-state index contributed by atoms with van der Waals surface area (Å²) >= 11 is 3.02. The Morgan fingerprint density at radius 1 is 1.36 bits per heavy atom. The normalized spacial score (nSPS) is 12.2. The molecule has 2 heterocycles. The molecule has 0 aliphatic rings. The van der Waals surface area contributed by atoms with Gasteiger partial charge in [0.1, 0.15) is 6.04 Å². The van der Waals surface area contributed by atoms with Crippen LogP contribution in [0.25, 0.3) is 0 Å². The summed E-state index contributed by atoms with van der Waals surface area (Å²) in [6.45, 7) is 3.96. The number of esters is 1. The third kappa shape index (κ3) is 4.85. The monoisotopic (exact) mass is 381 g/mol. The molecule has 0 bridgehead atoms. The molecule has 0 saturated carbocycles. The lowest BCUT2D eigenvalue weighted by Gasteiger charge is -2.17. The highest BCUT2D eigenvalue weighted by atomic mass is 32.2. The zero-order valence-corrected chi connectivity index (χ0v) is 16.4. The summed E-state index contributed by atoms with van der Waals surface area (Å²) < 4.78 is 6.68. The van der Waals surface area contributed by atoms with Gasteiger partial charge in [-0.15, -0.1) is 11.3 Å². The molecule has 1 unspecified atom stereocenters. The number of hydrogen-bond acceptors (Lipinski definition) is 6. The van der Waals surface area contributed by atoms with Crippen molar-refractivity contribution in [2.75, 3.05) is 24.4 Å². The van der Waals surface area contributed by atoms with Crippen molar-refractivity contribution in [3.05, 3.63) is 35.1 Å². The average Bonchev–Trinajstić information content (AvgIpc) is 3.24. The lowest BCUT2D eigenvalue weighted by atomic mass is 10.1. The zero-order chi connectivity index (χ0) is 18.4. The smallest absolute Gasteiger partial charge is 0.357 e. The van der Waals surface area contributed by atoms with E-state index in [1.807, 2.05) is 49.2 Å². The SMILES string of the molecule is COC(=O)c1nc(NC(=O)C(CCSC)n2cccc2)sc1C(C)C. The maximum atomic E-state index is 12.8. The Kier molecular flexibility index (Phi) is 7.07. The topological polar surface area (TPSA) is 73.2 Å². The van der Waals surface area contributed by atoms with Crippen LogP contribution >= 0.6 is 23.1 Å². The molecule has 0 aliphatic heterocycles. The highest BCUT2D eigenvalue weighted by molar-refractivity contribution is 7.98. The van der Waals surface area contributed by atoms with Gasteiger partial charge in [0, 0.05) is 17.3 Å². The van der Waals surface area contributed by atoms with Gasteiger partial charge in [0.15, 0.2) is 10.8 Å². The first-order chi connectivity index (χ1) is 12.0. The second-order valence-corrected chi connectivity index (χ2v) is 7.81. The Morgan fingerprint density at radius 2 is 2.04 bits per heavy atom. The molecule has 0 spiro atoms. The molecule has 1 atom stereocenters. The maximum Gasteiger partial charge on any atom is 0.357 e. The highest BCUT2D eigenvalue weighted by Gasteiger charge is 2.24. The van der Waals surface area contributed by atoms with Gasteiger partial charge in [0.25, 0.3) is 0 Å². The zero-order valence-electron chi connectivity index (χ0n) is 14.8. The second-order valence-electron chi connectivity index (χ2n) is 5.79. The van der Waals surface area contributed by atoms with Crippen LogP contribution in [0.2, 0.25) is 0 Å². The van der Waals surface area contributed by atoms with Crippen molar-refractivity contribution in [3.8, 4) is 0 Å². The number of carbonyl (C=O) groups is 2. The van der Waals surface area contributed by atoms with E-state index in [1.54, 1.807) is 11.8 Å². The lowest BCUT2D eigenvalue weighted by Crippen LogP contribution is -2.26. The lowest BCUT2D eigenvalue weighted by molar-refractivity contribution is -0.119. The van der Waals surface area contributed by atoms with Gasteiger partial charge in [-0.3, -0.25) is 4.79 Å². The van der Waals surface area contributed by atoms with Crippen LogP contribution in [-0.4, -0.2) is 40.5 Å². The summed E-state index contributed by atoms with van der Waals surface area (Å²) in [5, 5.41) is 3.29. The van der Waals surface area contributed by atoms with Crippen LogP contribution in [0.5, 0.6) is 0 Å².